The summed E-state index contributed by atoms with van der Waals surface area (Å²) in [6.45, 7) is 4.44. The number of hydrogen-bond donors (Lipinski definition) is 2. The molecule has 3 N–H and O–H groups in total. The van der Waals surface area contributed by atoms with Gasteiger partial charge in [0.15, 0.2) is 0 Å². The Balaban J connectivity index is 1.42. The van der Waals surface area contributed by atoms with E-state index in [0.29, 0.717) is 18.1 Å². The van der Waals surface area contributed by atoms with E-state index in [1.807, 2.05) is 66.2 Å². The SMILES string of the molecule is Cc1cn(-c2cc(CN3CCCC(N)C3)nc(NC(=O)c3cc(-c4ccccc4)ccn3)c2)cn1. The summed E-state index contributed by atoms with van der Waals surface area (Å²) in [5.74, 6) is 0.169. The van der Waals surface area contributed by atoms with Gasteiger partial charge in [0, 0.05) is 37.6 Å². The van der Waals surface area contributed by atoms with Gasteiger partial charge < -0.3 is 15.6 Å². The molecular weight excluding hydrogens is 438 g/mol. The number of pyridine rings is 2. The second-order valence-corrected chi connectivity index (χ2v) is 9.01. The molecule has 0 bridgehead atoms. The molecule has 0 aliphatic carbocycles. The maximum absolute atomic E-state index is 13.1. The van der Waals surface area contributed by atoms with Gasteiger partial charge >= 0.3 is 0 Å². The Kier molecular flexibility index (Phi) is 6.65. The number of likely N-dealkylation sites (tertiary alicyclic amines) is 1. The standard InChI is InChI=1S/C27H29N7O/c1-19-15-34(18-30-19)24-13-23(17-33-11-5-8-22(28)16-33)31-26(14-24)32-27(35)25-12-21(9-10-29-25)20-6-3-2-4-7-20/h2-4,6-7,9-10,12-15,18,22H,5,8,11,16-17,28H2,1H3,(H,31,32,35). The van der Waals surface area contributed by atoms with Gasteiger partial charge in [-0.2, -0.15) is 0 Å². The highest BCUT2D eigenvalue weighted by Crippen LogP contribution is 2.21. The average Bonchev–Trinajstić information content (AvgIpc) is 3.31. The zero-order valence-corrected chi connectivity index (χ0v) is 19.8. The van der Waals surface area contributed by atoms with Crippen molar-refractivity contribution in [3.63, 3.8) is 0 Å². The van der Waals surface area contributed by atoms with Crippen molar-refractivity contribution < 1.29 is 4.79 Å². The third-order valence-electron chi connectivity index (χ3n) is 6.14. The van der Waals surface area contributed by atoms with Crippen LogP contribution >= 0.6 is 0 Å². The van der Waals surface area contributed by atoms with Crippen molar-refractivity contribution >= 4 is 11.7 Å². The van der Waals surface area contributed by atoms with Gasteiger partial charge in [-0.15, -0.1) is 0 Å². The number of imidazole rings is 1. The van der Waals surface area contributed by atoms with Crippen molar-refractivity contribution in [2.75, 3.05) is 18.4 Å². The summed E-state index contributed by atoms with van der Waals surface area (Å²) in [7, 11) is 0. The fraction of sp³-hybridized carbons (Fsp3) is 0.259. The summed E-state index contributed by atoms with van der Waals surface area (Å²) in [5, 5.41) is 2.95. The molecule has 35 heavy (non-hydrogen) atoms. The van der Waals surface area contributed by atoms with E-state index in [-0.39, 0.29) is 11.9 Å². The van der Waals surface area contributed by atoms with Gasteiger partial charge in [-0.25, -0.2) is 9.97 Å². The van der Waals surface area contributed by atoms with Crippen LogP contribution in [0.15, 0.2) is 73.3 Å². The highest BCUT2D eigenvalue weighted by Gasteiger charge is 2.18. The van der Waals surface area contributed by atoms with Crippen LogP contribution in [0, 0.1) is 6.92 Å². The maximum Gasteiger partial charge on any atom is 0.275 e. The fourth-order valence-corrected chi connectivity index (χ4v) is 4.44. The third-order valence-corrected chi connectivity index (χ3v) is 6.14. The molecule has 8 heteroatoms. The number of piperidine rings is 1. The van der Waals surface area contributed by atoms with E-state index < -0.39 is 0 Å². The second kappa shape index (κ2) is 10.2. The van der Waals surface area contributed by atoms with Crippen LogP contribution in [0.3, 0.4) is 0 Å². The summed E-state index contributed by atoms with van der Waals surface area (Å²) in [5.41, 5.74) is 11.1. The van der Waals surface area contributed by atoms with Crippen molar-refractivity contribution in [1.29, 1.82) is 0 Å². The Labute approximate surface area is 204 Å². The minimum Gasteiger partial charge on any atom is -0.327 e. The lowest BCUT2D eigenvalue weighted by atomic mass is 10.1. The topological polar surface area (TPSA) is 102 Å². The number of rotatable bonds is 6. The number of amides is 1. The van der Waals surface area contributed by atoms with Crippen LogP contribution in [-0.2, 0) is 6.54 Å². The lowest BCUT2D eigenvalue weighted by Gasteiger charge is -2.30. The molecule has 0 spiro atoms. The molecule has 1 amide bonds. The number of aromatic nitrogens is 4. The Morgan fingerprint density at radius 1 is 1.11 bits per heavy atom. The van der Waals surface area contributed by atoms with Crippen molar-refractivity contribution in [2.24, 2.45) is 5.73 Å². The number of aryl methyl sites for hydroxylation is 1. The van der Waals surface area contributed by atoms with Gasteiger partial charge in [0.2, 0.25) is 0 Å². The molecule has 5 rings (SSSR count). The summed E-state index contributed by atoms with van der Waals surface area (Å²) >= 11 is 0. The number of carbonyl (C=O) groups is 1. The molecule has 178 valence electrons. The lowest BCUT2D eigenvalue weighted by Crippen LogP contribution is -2.42. The zero-order chi connectivity index (χ0) is 24.2. The van der Waals surface area contributed by atoms with Crippen LogP contribution in [0.5, 0.6) is 0 Å². The molecule has 8 nitrogen and oxygen atoms in total. The van der Waals surface area contributed by atoms with Gasteiger partial charge in [-0.1, -0.05) is 30.3 Å². The quantitative estimate of drug-likeness (QED) is 0.447. The molecule has 1 aliphatic rings. The first-order chi connectivity index (χ1) is 17.0. The number of hydrogen-bond acceptors (Lipinski definition) is 6. The maximum atomic E-state index is 13.1. The molecule has 1 saturated heterocycles. The molecule has 1 unspecified atom stereocenters. The van der Waals surface area contributed by atoms with Gasteiger partial charge in [0.05, 0.1) is 23.4 Å². The van der Waals surface area contributed by atoms with E-state index in [0.717, 1.165) is 54.1 Å². The van der Waals surface area contributed by atoms with Gasteiger partial charge in [-0.3, -0.25) is 14.7 Å². The summed E-state index contributed by atoms with van der Waals surface area (Å²) in [6.07, 6.45) is 7.50. The predicted octanol–water partition coefficient (Wildman–Crippen LogP) is 3.81. The molecule has 0 radical (unpaired) electrons. The Morgan fingerprint density at radius 2 is 1.97 bits per heavy atom. The van der Waals surface area contributed by atoms with E-state index in [4.69, 9.17) is 10.7 Å². The van der Waals surface area contributed by atoms with Crippen LogP contribution in [0.1, 0.15) is 34.7 Å². The number of carbonyl (C=O) groups excluding carboxylic acids is 1. The van der Waals surface area contributed by atoms with E-state index in [2.05, 4.69) is 20.2 Å². The first-order valence-electron chi connectivity index (χ1n) is 11.9. The molecular formula is C27H29N7O. The first-order valence-corrected chi connectivity index (χ1v) is 11.9. The molecule has 1 atom stereocenters. The van der Waals surface area contributed by atoms with E-state index >= 15 is 0 Å². The summed E-state index contributed by atoms with van der Waals surface area (Å²) in [6, 6.07) is 17.7. The van der Waals surface area contributed by atoms with E-state index in [9.17, 15) is 4.79 Å². The smallest absolute Gasteiger partial charge is 0.275 e. The minimum absolute atomic E-state index is 0.186. The molecule has 1 aliphatic heterocycles. The number of benzene rings is 1. The molecule has 3 aromatic heterocycles. The molecule has 4 heterocycles. The van der Waals surface area contributed by atoms with E-state index in [1.165, 1.54) is 0 Å². The van der Waals surface area contributed by atoms with Crippen molar-refractivity contribution in [1.82, 2.24) is 24.4 Å². The number of nitrogens with one attached hydrogen (secondary N) is 1. The van der Waals surface area contributed by atoms with Gasteiger partial charge in [0.1, 0.15) is 11.5 Å². The van der Waals surface area contributed by atoms with Crippen LogP contribution in [0.2, 0.25) is 0 Å². The minimum atomic E-state index is -0.305. The van der Waals surface area contributed by atoms with Crippen molar-refractivity contribution in [2.45, 2.75) is 32.4 Å². The monoisotopic (exact) mass is 467 g/mol. The molecule has 1 fully saturated rings. The highest BCUT2D eigenvalue weighted by atomic mass is 16.1. The molecule has 0 saturated carbocycles. The zero-order valence-electron chi connectivity index (χ0n) is 19.8. The number of anilines is 1. The Morgan fingerprint density at radius 3 is 2.74 bits per heavy atom. The lowest BCUT2D eigenvalue weighted by molar-refractivity contribution is 0.102. The van der Waals surface area contributed by atoms with Crippen molar-refractivity contribution in [3.05, 3.63) is 90.4 Å². The first kappa shape index (κ1) is 22.9. The largest absolute Gasteiger partial charge is 0.327 e. The number of nitrogens with two attached hydrogens (primary N) is 1. The second-order valence-electron chi connectivity index (χ2n) is 9.01. The van der Waals surface area contributed by atoms with Crippen LogP contribution in [0.25, 0.3) is 16.8 Å². The normalized spacial score (nSPS) is 16.2. The van der Waals surface area contributed by atoms with Gasteiger partial charge in [0.25, 0.3) is 5.91 Å². The highest BCUT2D eigenvalue weighted by molar-refractivity contribution is 6.03. The van der Waals surface area contributed by atoms with Crippen molar-refractivity contribution in [3.8, 4) is 16.8 Å². The van der Waals surface area contributed by atoms with Crippen LogP contribution in [0.4, 0.5) is 5.82 Å². The summed E-state index contributed by atoms with van der Waals surface area (Å²) < 4.78 is 1.94. The molecule has 4 aromatic rings. The Bertz CT molecular complexity index is 1320. The average molecular weight is 468 g/mol. The van der Waals surface area contributed by atoms with Crippen LogP contribution in [-0.4, -0.2) is 49.5 Å². The summed E-state index contributed by atoms with van der Waals surface area (Å²) in [4.78, 5) is 28.8. The number of nitrogens with zero attached hydrogens (tertiary/aromatic N) is 5. The van der Waals surface area contributed by atoms with Crippen LogP contribution < -0.4 is 11.1 Å². The Hall–Kier alpha value is -3.88. The molecule has 1 aromatic carbocycles. The van der Waals surface area contributed by atoms with E-state index in [1.54, 1.807) is 18.6 Å². The van der Waals surface area contributed by atoms with Gasteiger partial charge in [-0.05, 0) is 55.6 Å². The fourth-order valence-electron chi connectivity index (χ4n) is 4.44. The predicted molar refractivity (Wildman–Crippen MR) is 136 cm³/mol. The third kappa shape index (κ3) is 5.62.